The number of halogens is 1. The molecule has 0 aliphatic carbocycles. The molecule has 0 fully saturated rings. The first-order valence-electron chi connectivity index (χ1n) is 6.12. The Balaban J connectivity index is 1.95. The molecule has 0 unspecified atom stereocenters. The number of benzene rings is 1. The van der Waals surface area contributed by atoms with Gasteiger partial charge >= 0.3 is 0 Å². The van der Waals surface area contributed by atoms with E-state index in [1.807, 2.05) is 18.2 Å². The minimum atomic E-state index is -0.326. The number of aromatic nitrogens is 2. The molecule has 5 nitrogen and oxygen atoms in total. The van der Waals surface area contributed by atoms with E-state index in [9.17, 15) is 4.79 Å². The van der Waals surface area contributed by atoms with E-state index >= 15 is 0 Å². The summed E-state index contributed by atoms with van der Waals surface area (Å²) >= 11 is 6.03. The molecule has 0 radical (unpaired) electrons. The van der Waals surface area contributed by atoms with Gasteiger partial charge in [0.05, 0.1) is 39.6 Å². The Morgan fingerprint density at radius 2 is 2.19 bits per heavy atom. The molecule has 3 rings (SSSR count). The first-order chi connectivity index (χ1) is 10.2. The van der Waals surface area contributed by atoms with Crippen LogP contribution in [0.2, 0.25) is 5.02 Å². The lowest BCUT2D eigenvalue weighted by Crippen LogP contribution is -2.12. The second-order valence-corrected chi connectivity index (χ2v) is 4.76. The summed E-state index contributed by atoms with van der Waals surface area (Å²) < 4.78 is 1.61. The van der Waals surface area contributed by atoms with E-state index in [-0.39, 0.29) is 5.91 Å². The van der Waals surface area contributed by atoms with Crippen LogP contribution in [0.25, 0.3) is 5.52 Å². The van der Waals surface area contributed by atoms with Gasteiger partial charge in [0, 0.05) is 6.20 Å². The Morgan fingerprint density at radius 3 is 3.00 bits per heavy atom. The third-order valence-corrected chi connectivity index (χ3v) is 3.34. The number of carbonyl (C=O) groups excluding carboxylic acids is 1. The number of hydrogen-bond donors (Lipinski definition) is 1. The topological polar surface area (TPSA) is 70.2 Å². The summed E-state index contributed by atoms with van der Waals surface area (Å²) in [6.45, 7) is 0. The van der Waals surface area contributed by atoms with Gasteiger partial charge in [-0.2, -0.15) is 10.4 Å². The zero-order valence-corrected chi connectivity index (χ0v) is 11.5. The van der Waals surface area contributed by atoms with E-state index < -0.39 is 0 Å². The van der Waals surface area contributed by atoms with Crippen molar-refractivity contribution in [2.45, 2.75) is 0 Å². The van der Waals surface area contributed by atoms with Crippen LogP contribution < -0.4 is 5.32 Å². The summed E-state index contributed by atoms with van der Waals surface area (Å²) in [7, 11) is 0. The van der Waals surface area contributed by atoms with Crippen LogP contribution in [0.5, 0.6) is 0 Å². The summed E-state index contributed by atoms with van der Waals surface area (Å²) in [6, 6.07) is 12.2. The summed E-state index contributed by atoms with van der Waals surface area (Å²) in [5.74, 6) is -0.326. The minimum Gasteiger partial charge on any atom is -0.320 e. The van der Waals surface area contributed by atoms with E-state index in [1.54, 1.807) is 28.9 Å². The molecule has 3 aromatic rings. The maximum absolute atomic E-state index is 12.3. The quantitative estimate of drug-likeness (QED) is 0.790. The molecule has 0 spiro atoms. The predicted octanol–water partition coefficient (Wildman–Crippen LogP) is 3.11. The van der Waals surface area contributed by atoms with E-state index in [1.165, 1.54) is 12.3 Å². The standard InChI is InChI=1S/C15H9ClN4O/c16-12-5-4-10(8-17)7-13(12)19-15(21)11-9-18-20-6-2-1-3-14(11)20/h1-7,9H,(H,19,21). The molecule has 1 N–H and O–H groups in total. The van der Waals surface area contributed by atoms with Crippen molar-refractivity contribution in [2.24, 2.45) is 0 Å². The summed E-state index contributed by atoms with van der Waals surface area (Å²) in [4.78, 5) is 12.3. The van der Waals surface area contributed by atoms with Crippen LogP contribution in [0.15, 0.2) is 48.8 Å². The van der Waals surface area contributed by atoms with E-state index in [2.05, 4.69) is 10.4 Å². The van der Waals surface area contributed by atoms with Crippen molar-refractivity contribution in [3.63, 3.8) is 0 Å². The fourth-order valence-corrected chi connectivity index (χ4v) is 2.15. The molecule has 0 bridgehead atoms. The molecule has 0 aliphatic rings. The van der Waals surface area contributed by atoms with Crippen molar-refractivity contribution in [1.82, 2.24) is 9.61 Å². The highest BCUT2D eigenvalue weighted by molar-refractivity contribution is 6.34. The Labute approximate surface area is 125 Å². The van der Waals surface area contributed by atoms with Crippen LogP contribution in [0.1, 0.15) is 15.9 Å². The third-order valence-electron chi connectivity index (χ3n) is 3.01. The monoisotopic (exact) mass is 296 g/mol. The van der Waals surface area contributed by atoms with Crippen molar-refractivity contribution in [1.29, 1.82) is 5.26 Å². The molecule has 1 amide bonds. The normalized spacial score (nSPS) is 10.3. The zero-order valence-electron chi connectivity index (χ0n) is 10.7. The second-order valence-electron chi connectivity index (χ2n) is 4.35. The number of nitrogens with zero attached hydrogens (tertiary/aromatic N) is 3. The number of rotatable bonds is 2. The minimum absolute atomic E-state index is 0.326. The van der Waals surface area contributed by atoms with Gasteiger partial charge in [0.2, 0.25) is 0 Å². The van der Waals surface area contributed by atoms with E-state index in [0.29, 0.717) is 27.4 Å². The van der Waals surface area contributed by atoms with Crippen LogP contribution in [0.4, 0.5) is 5.69 Å². The highest BCUT2D eigenvalue weighted by Crippen LogP contribution is 2.24. The van der Waals surface area contributed by atoms with Gasteiger partial charge in [0.1, 0.15) is 0 Å². The van der Waals surface area contributed by atoms with Gasteiger partial charge in [0.15, 0.2) is 0 Å². The van der Waals surface area contributed by atoms with Crippen LogP contribution in [0.3, 0.4) is 0 Å². The third kappa shape index (κ3) is 2.45. The molecular weight excluding hydrogens is 288 g/mol. The molecule has 0 aliphatic heterocycles. The maximum Gasteiger partial charge on any atom is 0.259 e. The van der Waals surface area contributed by atoms with Crippen molar-refractivity contribution in [2.75, 3.05) is 5.32 Å². The number of nitrogens with one attached hydrogen (secondary N) is 1. The van der Waals surface area contributed by atoms with Gasteiger partial charge in [-0.25, -0.2) is 4.52 Å². The van der Waals surface area contributed by atoms with Gasteiger partial charge in [-0.1, -0.05) is 17.7 Å². The number of pyridine rings is 1. The molecule has 21 heavy (non-hydrogen) atoms. The Bertz CT molecular complexity index is 879. The molecule has 1 aromatic carbocycles. The fraction of sp³-hybridized carbons (Fsp3) is 0. The lowest BCUT2D eigenvalue weighted by atomic mass is 10.2. The molecular formula is C15H9ClN4O. The molecule has 6 heteroatoms. The molecule has 2 aromatic heterocycles. The first kappa shape index (κ1) is 13.2. The molecule has 102 valence electrons. The van der Waals surface area contributed by atoms with E-state index in [4.69, 9.17) is 16.9 Å². The fourth-order valence-electron chi connectivity index (χ4n) is 1.99. The lowest BCUT2D eigenvalue weighted by molar-refractivity contribution is 0.102. The Kier molecular flexibility index (Phi) is 3.30. The summed E-state index contributed by atoms with van der Waals surface area (Å²) in [5, 5.41) is 16.1. The van der Waals surface area contributed by atoms with Crippen molar-refractivity contribution in [3.05, 3.63) is 64.9 Å². The van der Waals surface area contributed by atoms with Gasteiger partial charge in [0.25, 0.3) is 5.91 Å². The van der Waals surface area contributed by atoms with Crippen LogP contribution in [0, 0.1) is 11.3 Å². The van der Waals surface area contributed by atoms with Gasteiger partial charge in [-0.15, -0.1) is 0 Å². The number of fused-ring (bicyclic) bond motifs is 1. The highest BCUT2D eigenvalue weighted by atomic mass is 35.5. The van der Waals surface area contributed by atoms with Gasteiger partial charge in [-0.3, -0.25) is 4.79 Å². The van der Waals surface area contributed by atoms with Crippen molar-refractivity contribution in [3.8, 4) is 6.07 Å². The zero-order chi connectivity index (χ0) is 14.8. The lowest BCUT2D eigenvalue weighted by Gasteiger charge is -2.06. The van der Waals surface area contributed by atoms with Crippen molar-refractivity contribution < 1.29 is 4.79 Å². The number of nitriles is 1. The number of anilines is 1. The molecule has 0 saturated carbocycles. The molecule has 0 atom stereocenters. The average Bonchev–Trinajstić information content (AvgIpc) is 2.93. The molecule has 2 heterocycles. The second kappa shape index (κ2) is 5.27. The van der Waals surface area contributed by atoms with Crippen molar-refractivity contribution >= 4 is 28.7 Å². The predicted molar refractivity (Wildman–Crippen MR) is 79.3 cm³/mol. The Morgan fingerprint density at radius 1 is 1.33 bits per heavy atom. The average molecular weight is 297 g/mol. The molecule has 0 saturated heterocycles. The number of hydrogen-bond acceptors (Lipinski definition) is 3. The number of carbonyl (C=O) groups is 1. The SMILES string of the molecule is N#Cc1ccc(Cl)c(NC(=O)c2cnn3ccccc23)c1. The van der Waals surface area contributed by atoms with E-state index in [0.717, 1.165) is 0 Å². The smallest absolute Gasteiger partial charge is 0.259 e. The summed E-state index contributed by atoms with van der Waals surface area (Å²) in [5.41, 5.74) is 1.96. The summed E-state index contributed by atoms with van der Waals surface area (Å²) in [6.07, 6.45) is 3.25. The largest absolute Gasteiger partial charge is 0.320 e. The van der Waals surface area contributed by atoms with Crippen LogP contribution >= 0.6 is 11.6 Å². The van der Waals surface area contributed by atoms with Crippen LogP contribution in [-0.2, 0) is 0 Å². The van der Waals surface area contributed by atoms with Gasteiger partial charge < -0.3 is 5.32 Å². The number of amides is 1. The Hall–Kier alpha value is -2.84. The highest BCUT2D eigenvalue weighted by Gasteiger charge is 2.14. The van der Waals surface area contributed by atoms with Gasteiger partial charge in [-0.05, 0) is 30.3 Å². The van der Waals surface area contributed by atoms with Crippen LogP contribution in [-0.4, -0.2) is 15.5 Å². The maximum atomic E-state index is 12.3. The first-order valence-corrected chi connectivity index (χ1v) is 6.50.